The maximum absolute atomic E-state index is 4.62. The molecule has 1 fully saturated rings. The van der Waals surface area contributed by atoms with Crippen LogP contribution in [0.2, 0.25) is 0 Å². The summed E-state index contributed by atoms with van der Waals surface area (Å²) in [6.45, 7) is 3.38. The van der Waals surface area contributed by atoms with Crippen LogP contribution in [0.5, 0.6) is 0 Å². The molecule has 1 aliphatic rings. The van der Waals surface area contributed by atoms with Gasteiger partial charge in [-0.1, -0.05) is 23.5 Å². The number of anilines is 1. The zero-order valence-electron chi connectivity index (χ0n) is 9.94. The molecule has 1 saturated heterocycles. The van der Waals surface area contributed by atoms with Gasteiger partial charge in [-0.25, -0.2) is 4.98 Å². The number of benzene rings is 1. The molecule has 1 aromatic carbocycles. The smallest absolute Gasteiger partial charge is 0.184 e. The van der Waals surface area contributed by atoms with Gasteiger partial charge >= 0.3 is 0 Å². The maximum Gasteiger partial charge on any atom is 0.184 e. The maximum atomic E-state index is 4.62. The van der Waals surface area contributed by atoms with Gasteiger partial charge in [-0.15, -0.1) is 0 Å². The number of rotatable bonds is 2. The molecule has 3 rings (SSSR count). The van der Waals surface area contributed by atoms with E-state index in [4.69, 9.17) is 0 Å². The van der Waals surface area contributed by atoms with E-state index in [1.54, 1.807) is 11.3 Å². The Kier molecular flexibility index (Phi) is 2.99. The highest BCUT2D eigenvalue weighted by molar-refractivity contribution is 7.22. The molecule has 0 radical (unpaired) electrons. The lowest BCUT2D eigenvalue weighted by Crippen LogP contribution is -2.46. The summed E-state index contributed by atoms with van der Waals surface area (Å²) in [7, 11) is 0. The predicted molar refractivity (Wildman–Crippen MR) is 73.7 cm³/mol. The normalized spacial score (nSPS) is 25.0. The molecule has 2 atom stereocenters. The fraction of sp³-hybridized carbons (Fsp3) is 0.462. The van der Waals surface area contributed by atoms with Crippen LogP contribution in [0.4, 0.5) is 5.13 Å². The summed E-state index contributed by atoms with van der Waals surface area (Å²) in [5.74, 6) is 0. The average molecular weight is 247 g/mol. The first-order valence-corrected chi connectivity index (χ1v) is 7.00. The molecule has 2 aromatic rings. The van der Waals surface area contributed by atoms with Gasteiger partial charge in [-0.2, -0.15) is 0 Å². The number of fused-ring (bicyclic) bond motifs is 1. The van der Waals surface area contributed by atoms with Gasteiger partial charge in [-0.3, -0.25) is 0 Å². The van der Waals surface area contributed by atoms with Gasteiger partial charge in [0.05, 0.1) is 10.2 Å². The van der Waals surface area contributed by atoms with E-state index in [-0.39, 0.29) is 0 Å². The topological polar surface area (TPSA) is 37.0 Å². The lowest BCUT2D eigenvalue weighted by molar-refractivity contribution is 0.389. The van der Waals surface area contributed by atoms with E-state index < -0.39 is 0 Å². The highest BCUT2D eigenvalue weighted by Gasteiger charge is 2.21. The lowest BCUT2D eigenvalue weighted by atomic mass is 10.0. The largest absolute Gasteiger partial charge is 0.357 e. The minimum absolute atomic E-state index is 0.504. The Balaban J connectivity index is 1.79. The first-order valence-electron chi connectivity index (χ1n) is 6.18. The van der Waals surface area contributed by atoms with Crippen molar-refractivity contribution in [1.29, 1.82) is 0 Å². The van der Waals surface area contributed by atoms with Crippen LogP contribution in [-0.4, -0.2) is 23.6 Å². The van der Waals surface area contributed by atoms with Crippen LogP contribution in [0.25, 0.3) is 10.2 Å². The van der Waals surface area contributed by atoms with Crippen molar-refractivity contribution in [1.82, 2.24) is 10.3 Å². The van der Waals surface area contributed by atoms with Crippen molar-refractivity contribution in [2.24, 2.45) is 0 Å². The van der Waals surface area contributed by atoms with Crippen molar-refractivity contribution in [3.63, 3.8) is 0 Å². The fourth-order valence-corrected chi connectivity index (χ4v) is 3.26. The second-order valence-electron chi connectivity index (χ2n) is 4.62. The molecule has 2 N–H and O–H groups in total. The highest BCUT2D eigenvalue weighted by Crippen LogP contribution is 2.27. The second-order valence-corrected chi connectivity index (χ2v) is 5.65. The summed E-state index contributed by atoms with van der Waals surface area (Å²) in [6, 6.07) is 9.33. The predicted octanol–water partition coefficient (Wildman–Crippen LogP) is 2.85. The van der Waals surface area contributed by atoms with Gasteiger partial charge in [0.2, 0.25) is 0 Å². The number of hydrogen-bond donors (Lipinski definition) is 2. The van der Waals surface area contributed by atoms with Crippen molar-refractivity contribution in [2.75, 3.05) is 11.9 Å². The van der Waals surface area contributed by atoms with Crippen LogP contribution in [0, 0.1) is 0 Å². The Morgan fingerprint density at radius 2 is 2.29 bits per heavy atom. The molecule has 2 heterocycles. The molecule has 0 amide bonds. The number of aromatic nitrogens is 1. The van der Waals surface area contributed by atoms with Crippen LogP contribution < -0.4 is 10.6 Å². The van der Waals surface area contributed by atoms with Crippen LogP contribution in [-0.2, 0) is 0 Å². The van der Waals surface area contributed by atoms with Gasteiger partial charge in [-0.05, 0) is 38.4 Å². The molecule has 0 spiro atoms. The number of hydrogen-bond acceptors (Lipinski definition) is 4. The molecule has 0 bridgehead atoms. The van der Waals surface area contributed by atoms with Crippen LogP contribution in [0.15, 0.2) is 24.3 Å². The molecule has 3 nitrogen and oxygen atoms in total. The number of para-hydroxylation sites is 1. The van der Waals surface area contributed by atoms with Crippen molar-refractivity contribution >= 4 is 26.7 Å². The second kappa shape index (κ2) is 4.63. The van der Waals surface area contributed by atoms with E-state index in [1.165, 1.54) is 17.5 Å². The minimum atomic E-state index is 0.504. The Labute approximate surface area is 105 Å². The van der Waals surface area contributed by atoms with E-state index in [2.05, 4.69) is 40.7 Å². The van der Waals surface area contributed by atoms with E-state index in [9.17, 15) is 0 Å². The monoisotopic (exact) mass is 247 g/mol. The summed E-state index contributed by atoms with van der Waals surface area (Å²) in [6.07, 6.45) is 2.47. The van der Waals surface area contributed by atoms with E-state index in [0.29, 0.717) is 12.1 Å². The molecule has 1 aromatic heterocycles. The van der Waals surface area contributed by atoms with Gasteiger partial charge in [0.25, 0.3) is 0 Å². The van der Waals surface area contributed by atoms with Crippen LogP contribution in [0.3, 0.4) is 0 Å². The summed E-state index contributed by atoms with van der Waals surface area (Å²) in [4.78, 5) is 4.62. The molecule has 4 heteroatoms. The number of nitrogens with one attached hydrogen (secondary N) is 2. The summed E-state index contributed by atoms with van der Waals surface area (Å²) >= 11 is 1.74. The zero-order chi connectivity index (χ0) is 11.7. The van der Waals surface area contributed by atoms with E-state index in [0.717, 1.165) is 17.2 Å². The first-order chi connectivity index (χ1) is 8.33. The van der Waals surface area contributed by atoms with Crippen LogP contribution >= 0.6 is 11.3 Å². The van der Waals surface area contributed by atoms with Crippen molar-refractivity contribution in [2.45, 2.75) is 31.8 Å². The molecule has 90 valence electrons. The quantitative estimate of drug-likeness (QED) is 0.857. The van der Waals surface area contributed by atoms with Crippen molar-refractivity contribution < 1.29 is 0 Å². The molecule has 0 aliphatic carbocycles. The first kappa shape index (κ1) is 11.0. The van der Waals surface area contributed by atoms with Crippen LogP contribution in [0.1, 0.15) is 19.8 Å². The van der Waals surface area contributed by atoms with Gasteiger partial charge in [0.15, 0.2) is 5.13 Å². The number of nitrogens with zero attached hydrogens (tertiary/aromatic N) is 1. The third kappa shape index (κ3) is 2.28. The molecule has 2 unspecified atom stereocenters. The Hall–Kier alpha value is -1.13. The van der Waals surface area contributed by atoms with Crippen molar-refractivity contribution in [3.8, 4) is 0 Å². The third-order valence-electron chi connectivity index (χ3n) is 3.36. The Morgan fingerprint density at radius 3 is 3.12 bits per heavy atom. The van der Waals surface area contributed by atoms with Gasteiger partial charge < -0.3 is 10.6 Å². The average Bonchev–Trinajstić information content (AvgIpc) is 2.74. The van der Waals surface area contributed by atoms with E-state index in [1.807, 2.05) is 6.07 Å². The molecular formula is C13H17N3S. The molecule has 1 aliphatic heterocycles. The summed E-state index contributed by atoms with van der Waals surface area (Å²) in [5, 5.41) is 8.11. The lowest BCUT2D eigenvalue weighted by Gasteiger charge is -2.30. The standard InChI is InChI=1S/C13H17N3S/c1-9-10(6-4-8-14-9)15-13-16-11-5-2-3-7-12(11)17-13/h2-3,5,7,9-10,14H,4,6,8H2,1H3,(H,15,16). The number of thiazole rings is 1. The molecular weight excluding hydrogens is 230 g/mol. The molecule has 0 saturated carbocycles. The van der Waals surface area contributed by atoms with Gasteiger partial charge in [0.1, 0.15) is 0 Å². The van der Waals surface area contributed by atoms with Gasteiger partial charge in [0, 0.05) is 12.1 Å². The summed E-state index contributed by atoms with van der Waals surface area (Å²) in [5.41, 5.74) is 1.09. The minimum Gasteiger partial charge on any atom is -0.357 e. The fourth-order valence-electron chi connectivity index (χ4n) is 2.33. The SMILES string of the molecule is CC1NCCCC1Nc1nc2ccccc2s1. The van der Waals surface area contributed by atoms with Crippen molar-refractivity contribution in [3.05, 3.63) is 24.3 Å². The third-order valence-corrected chi connectivity index (χ3v) is 4.33. The number of piperidine rings is 1. The zero-order valence-corrected chi connectivity index (χ0v) is 10.8. The Morgan fingerprint density at radius 1 is 1.41 bits per heavy atom. The highest BCUT2D eigenvalue weighted by atomic mass is 32.1. The summed E-state index contributed by atoms with van der Waals surface area (Å²) < 4.78 is 1.26. The Bertz CT molecular complexity index is 475. The molecule has 17 heavy (non-hydrogen) atoms. The van der Waals surface area contributed by atoms with E-state index >= 15 is 0 Å².